The molecule has 3 atom stereocenters. The molecule has 1 saturated carbocycles. The molecule has 0 aromatic carbocycles. The van der Waals surface area contributed by atoms with Crippen molar-refractivity contribution >= 4 is 39.2 Å². The molecule has 5 nitrogen and oxygen atoms in total. The molecule has 0 saturated heterocycles. The molecule has 130 valence electrons. The second kappa shape index (κ2) is 7.27. The Morgan fingerprint density at radius 1 is 1.46 bits per heavy atom. The number of rotatable bonds is 4. The van der Waals surface area contributed by atoms with Crippen molar-refractivity contribution in [2.75, 3.05) is 0 Å². The molecule has 0 spiro atoms. The lowest BCUT2D eigenvalue weighted by Gasteiger charge is -2.30. The molecule has 0 bridgehead atoms. The van der Waals surface area contributed by atoms with Crippen LogP contribution in [-0.2, 0) is 11.8 Å². The minimum atomic E-state index is -0.283. The number of thioether (sulfide) groups is 1. The maximum absolute atomic E-state index is 12.5. The van der Waals surface area contributed by atoms with Crippen LogP contribution in [0.3, 0.4) is 0 Å². The average Bonchev–Trinajstić information content (AvgIpc) is 3.03. The zero-order chi connectivity index (χ0) is 17.3. The van der Waals surface area contributed by atoms with Gasteiger partial charge in [0, 0.05) is 13.1 Å². The predicted molar refractivity (Wildman–Crippen MR) is 99.7 cm³/mol. The molecule has 1 N–H and O–H groups in total. The number of carbonyl (C=O) groups is 1. The first kappa shape index (κ1) is 17.5. The van der Waals surface area contributed by atoms with Crippen molar-refractivity contribution in [1.82, 2.24) is 14.9 Å². The van der Waals surface area contributed by atoms with Gasteiger partial charge in [0.25, 0.3) is 5.56 Å². The lowest BCUT2D eigenvalue weighted by molar-refractivity contribution is -0.121. The Hall–Kier alpha value is -1.34. The van der Waals surface area contributed by atoms with Gasteiger partial charge in [0.2, 0.25) is 5.91 Å². The fourth-order valence-electron chi connectivity index (χ4n) is 3.13. The van der Waals surface area contributed by atoms with Crippen molar-refractivity contribution in [1.29, 1.82) is 0 Å². The second-order valence-electron chi connectivity index (χ2n) is 6.53. The molecule has 1 aliphatic carbocycles. The monoisotopic (exact) mass is 365 g/mol. The zero-order valence-corrected chi connectivity index (χ0v) is 15.9. The zero-order valence-electron chi connectivity index (χ0n) is 14.2. The van der Waals surface area contributed by atoms with E-state index in [9.17, 15) is 9.59 Å². The summed E-state index contributed by atoms with van der Waals surface area (Å²) >= 11 is 2.80. The van der Waals surface area contributed by atoms with Crippen LogP contribution in [0.4, 0.5) is 0 Å². The van der Waals surface area contributed by atoms with E-state index in [1.807, 2.05) is 12.3 Å². The van der Waals surface area contributed by atoms with Gasteiger partial charge in [-0.1, -0.05) is 31.5 Å². The largest absolute Gasteiger partial charge is 0.352 e. The van der Waals surface area contributed by atoms with Gasteiger partial charge in [-0.15, -0.1) is 11.3 Å². The van der Waals surface area contributed by atoms with Gasteiger partial charge in [-0.3, -0.25) is 14.2 Å². The van der Waals surface area contributed by atoms with Crippen LogP contribution in [-0.4, -0.2) is 26.8 Å². The molecular weight excluding hydrogens is 342 g/mol. The van der Waals surface area contributed by atoms with Crippen LogP contribution in [0.5, 0.6) is 0 Å². The number of thiophene rings is 1. The van der Waals surface area contributed by atoms with E-state index in [1.54, 1.807) is 13.1 Å². The number of amides is 1. The highest BCUT2D eigenvalue weighted by Gasteiger charge is 2.26. The molecule has 2 aromatic heterocycles. The van der Waals surface area contributed by atoms with E-state index in [4.69, 9.17) is 0 Å². The minimum absolute atomic E-state index is 0.0271. The van der Waals surface area contributed by atoms with Gasteiger partial charge in [0.1, 0.15) is 4.83 Å². The number of nitrogens with one attached hydrogen (secondary N) is 1. The Kier molecular flexibility index (Phi) is 5.30. The van der Waals surface area contributed by atoms with E-state index in [0.717, 1.165) is 11.3 Å². The van der Waals surface area contributed by atoms with Crippen molar-refractivity contribution in [3.63, 3.8) is 0 Å². The number of carbonyl (C=O) groups excluding carboxylic acids is 1. The summed E-state index contributed by atoms with van der Waals surface area (Å²) in [6, 6.07) is 2.07. The minimum Gasteiger partial charge on any atom is -0.352 e. The first-order valence-corrected chi connectivity index (χ1v) is 10.1. The lowest BCUT2D eigenvalue weighted by Crippen LogP contribution is -2.44. The van der Waals surface area contributed by atoms with Crippen molar-refractivity contribution < 1.29 is 4.79 Å². The second-order valence-corrected chi connectivity index (χ2v) is 8.74. The van der Waals surface area contributed by atoms with Crippen LogP contribution >= 0.6 is 23.1 Å². The Bertz CT molecular complexity index is 799. The summed E-state index contributed by atoms with van der Waals surface area (Å²) < 4.78 is 1.53. The van der Waals surface area contributed by atoms with E-state index in [1.165, 1.54) is 46.9 Å². The number of aromatic nitrogens is 2. The summed E-state index contributed by atoms with van der Waals surface area (Å²) in [6.07, 6.45) is 4.67. The SMILES string of the molecule is CC(Sc1nc2sccc2c(=O)n1C)C(=O)NC1CCCCC1C. The average molecular weight is 366 g/mol. The lowest BCUT2D eigenvalue weighted by atomic mass is 9.86. The van der Waals surface area contributed by atoms with Crippen LogP contribution < -0.4 is 10.9 Å². The van der Waals surface area contributed by atoms with Crippen LogP contribution in [0, 0.1) is 5.92 Å². The predicted octanol–water partition coefficient (Wildman–Crippen LogP) is 3.17. The topological polar surface area (TPSA) is 64.0 Å². The van der Waals surface area contributed by atoms with E-state index < -0.39 is 0 Å². The number of hydrogen-bond acceptors (Lipinski definition) is 5. The summed E-state index contributed by atoms with van der Waals surface area (Å²) in [5, 5.41) is 6.00. The molecule has 3 rings (SSSR count). The molecule has 2 heterocycles. The van der Waals surface area contributed by atoms with Crippen LogP contribution in [0.2, 0.25) is 0 Å². The molecule has 0 aliphatic heterocycles. The van der Waals surface area contributed by atoms with E-state index in [-0.39, 0.29) is 22.8 Å². The number of hydrogen-bond donors (Lipinski definition) is 1. The molecule has 24 heavy (non-hydrogen) atoms. The van der Waals surface area contributed by atoms with Crippen molar-refractivity contribution in [3.8, 4) is 0 Å². The number of nitrogens with zero attached hydrogens (tertiary/aromatic N) is 2. The van der Waals surface area contributed by atoms with Gasteiger partial charge in [-0.25, -0.2) is 4.98 Å². The van der Waals surface area contributed by atoms with Gasteiger partial charge < -0.3 is 5.32 Å². The summed E-state index contributed by atoms with van der Waals surface area (Å²) in [5.74, 6) is 0.559. The van der Waals surface area contributed by atoms with Crippen molar-refractivity contribution in [2.45, 2.75) is 56.0 Å². The Morgan fingerprint density at radius 2 is 2.21 bits per heavy atom. The highest BCUT2D eigenvalue weighted by molar-refractivity contribution is 8.00. The highest BCUT2D eigenvalue weighted by Crippen LogP contribution is 2.26. The summed E-state index contributed by atoms with van der Waals surface area (Å²) in [6.45, 7) is 4.08. The third-order valence-electron chi connectivity index (χ3n) is 4.75. The molecular formula is C17H23N3O2S2. The van der Waals surface area contributed by atoms with Gasteiger partial charge in [0.15, 0.2) is 5.16 Å². The first-order valence-electron chi connectivity index (χ1n) is 8.38. The quantitative estimate of drug-likeness (QED) is 0.668. The maximum atomic E-state index is 12.5. The van der Waals surface area contributed by atoms with E-state index >= 15 is 0 Å². The molecule has 1 aliphatic rings. The van der Waals surface area contributed by atoms with Gasteiger partial charge >= 0.3 is 0 Å². The van der Waals surface area contributed by atoms with Gasteiger partial charge in [-0.05, 0) is 37.1 Å². The standard InChI is InChI=1S/C17H23N3O2S2/c1-10-6-4-5-7-13(10)18-14(21)11(2)24-17-19-15-12(8-9-23-15)16(22)20(17)3/h8-11,13H,4-7H2,1-3H3,(H,18,21). The normalized spacial score (nSPS) is 22.5. The molecule has 3 unspecified atom stereocenters. The van der Waals surface area contributed by atoms with Crippen molar-refractivity contribution in [2.24, 2.45) is 13.0 Å². The van der Waals surface area contributed by atoms with Crippen LogP contribution in [0.1, 0.15) is 39.5 Å². The third kappa shape index (κ3) is 3.52. The molecule has 0 radical (unpaired) electrons. The fraction of sp³-hybridized carbons (Fsp3) is 0.588. The smallest absolute Gasteiger partial charge is 0.262 e. The van der Waals surface area contributed by atoms with Crippen molar-refractivity contribution in [3.05, 3.63) is 21.8 Å². The van der Waals surface area contributed by atoms with Gasteiger partial charge in [-0.2, -0.15) is 0 Å². The summed E-state index contributed by atoms with van der Waals surface area (Å²) in [7, 11) is 1.71. The third-order valence-corrected chi connectivity index (χ3v) is 6.70. The van der Waals surface area contributed by atoms with E-state index in [2.05, 4.69) is 17.2 Å². The van der Waals surface area contributed by atoms with Crippen LogP contribution in [0.25, 0.3) is 10.2 Å². The summed E-state index contributed by atoms with van der Waals surface area (Å²) in [4.78, 5) is 30.1. The maximum Gasteiger partial charge on any atom is 0.262 e. The Labute approximate surface area is 149 Å². The first-order chi connectivity index (χ1) is 11.5. The van der Waals surface area contributed by atoms with Crippen LogP contribution in [0.15, 0.2) is 21.4 Å². The number of fused-ring (bicyclic) bond motifs is 1. The Balaban J connectivity index is 1.72. The summed E-state index contributed by atoms with van der Waals surface area (Å²) in [5.41, 5.74) is -0.0581. The molecule has 1 amide bonds. The fourth-order valence-corrected chi connectivity index (χ4v) is 4.82. The Morgan fingerprint density at radius 3 is 2.96 bits per heavy atom. The van der Waals surface area contributed by atoms with E-state index in [0.29, 0.717) is 16.5 Å². The molecule has 2 aromatic rings. The molecule has 1 fully saturated rings. The highest BCUT2D eigenvalue weighted by atomic mass is 32.2. The van der Waals surface area contributed by atoms with Gasteiger partial charge in [0.05, 0.1) is 10.6 Å². The molecule has 7 heteroatoms.